The van der Waals surface area contributed by atoms with Crippen LogP contribution in [0.2, 0.25) is 0 Å². The Hall–Kier alpha value is -2.39. The lowest BCUT2D eigenvalue weighted by atomic mass is 10.0. The number of aliphatic hydroxyl groups is 1. The van der Waals surface area contributed by atoms with Gasteiger partial charge in [0.15, 0.2) is 5.78 Å². The second-order valence-electron chi connectivity index (χ2n) is 4.48. The van der Waals surface area contributed by atoms with E-state index in [1.807, 2.05) is 36.4 Å². The lowest BCUT2D eigenvalue weighted by Crippen LogP contribution is -2.08. The molecule has 0 saturated heterocycles. The molecule has 0 aliphatic heterocycles. The quantitative estimate of drug-likeness (QED) is 0.703. The van der Waals surface area contributed by atoms with Crippen molar-refractivity contribution in [3.8, 4) is 0 Å². The molecule has 1 aromatic heterocycles. The van der Waals surface area contributed by atoms with E-state index in [9.17, 15) is 9.90 Å². The van der Waals surface area contributed by atoms with E-state index in [1.54, 1.807) is 6.07 Å². The SMILES string of the molecule is C=CC(=O)C(O)c1ccc2[nH]c3ccccc3c2c1. The number of aliphatic hydroxyl groups excluding tert-OH is 1. The topological polar surface area (TPSA) is 53.1 Å². The molecule has 3 aromatic rings. The summed E-state index contributed by atoms with van der Waals surface area (Å²) in [4.78, 5) is 14.8. The molecule has 0 saturated carbocycles. The highest BCUT2D eigenvalue weighted by atomic mass is 16.3. The lowest BCUT2D eigenvalue weighted by molar-refractivity contribution is -0.122. The Bertz CT molecular complexity index is 786. The molecule has 2 N–H and O–H groups in total. The molecular weight excluding hydrogens is 238 g/mol. The first-order valence-electron chi connectivity index (χ1n) is 6.05. The second-order valence-corrected chi connectivity index (χ2v) is 4.48. The molecule has 0 aliphatic carbocycles. The number of aromatic nitrogens is 1. The maximum Gasteiger partial charge on any atom is 0.188 e. The van der Waals surface area contributed by atoms with Crippen LogP contribution in [0.5, 0.6) is 0 Å². The molecule has 1 atom stereocenters. The molecule has 0 fully saturated rings. The van der Waals surface area contributed by atoms with Crippen LogP contribution in [0.3, 0.4) is 0 Å². The summed E-state index contributed by atoms with van der Waals surface area (Å²) in [5.41, 5.74) is 2.62. The number of fused-ring (bicyclic) bond motifs is 3. The Kier molecular flexibility index (Phi) is 2.69. The van der Waals surface area contributed by atoms with E-state index < -0.39 is 6.10 Å². The lowest BCUT2D eigenvalue weighted by Gasteiger charge is -2.07. The Balaban J connectivity index is 2.22. The molecule has 19 heavy (non-hydrogen) atoms. The van der Waals surface area contributed by atoms with Crippen LogP contribution in [0.15, 0.2) is 55.1 Å². The molecule has 3 nitrogen and oxygen atoms in total. The van der Waals surface area contributed by atoms with E-state index in [4.69, 9.17) is 0 Å². The summed E-state index contributed by atoms with van der Waals surface area (Å²) >= 11 is 0. The van der Waals surface area contributed by atoms with Gasteiger partial charge in [0.25, 0.3) is 0 Å². The van der Waals surface area contributed by atoms with Crippen molar-refractivity contribution >= 4 is 27.6 Å². The number of ketones is 1. The van der Waals surface area contributed by atoms with E-state index in [2.05, 4.69) is 11.6 Å². The Morgan fingerprint density at radius 1 is 1.16 bits per heavy atom. The minimum absolute atomic E-state index is 0.390. The fourth-order valence-electron chi connectivity index (χ4n) is 2.31. The van der Waals surface area contributed by atoms with Crippen LogP contribution in [0, 0.1) is 0 Å². The number of hydrogen-bond donors (Lipinski definition) is 2. The minimum Gasteiger partial charge on any atom is -0.380 e. The predicted molar refractivity (Wildman–Crippen MR) is 76.0 cm³/mol. The highest BCUT2D eigenvalue weighted by molar-refractivity contribution is 6.07. The van der Waals surface area contributed by atoms with E-state index in [0.29, 0.717) is 5.56 Å². The maximum atomic E-state index is 11.5. The van der Waals surface area contributed by atoms with Crippen molar-refractivity contribution < 1.29 is 9.90 Å². The molecular formula is C16H13NO2. The summed E-state index contributed by atoms with van der Waals surface area (Å²) in [5, 5.41) is 12.0. The number of nitrogens with one attached hydrogen (secondary N) is 1. The van der Waals surface area contributed by atoms with Gasteiger partial charge < -0.3 is 10.1 Å². The van der Waals surface area contributed by atoms with E-state index in [0.717, 1.165) is 27.9 Å². The summed E-state index contributed by atoms with van der Waals surface area (Å²) < 4.78 is 0. The third kappa shape index (κ3) is 1.84. The van der Waals surface area contributed by atoms with Gasteiger partial charge in [0.1, 0.15) is 6.10 Å². The van der Waals surface area contributed by atoms with Gasteiger partial charge in [0.2, 0.25) is 0 Å². The first kappa shape index (κ1) is 11.7. The first-order chi connectivity index (χ1) is 9.20. The number of para-hydroxylation sites is 1. The van der Waals surface area contributed by atoms with E-state index in [1.165, 1.54) is 0 Å². The van der Waals surface area contributed by atoms with Crippen LogP contribution in [-0.2, 0) is 4.79 Å². The number of carbonyl (C=O) groups excluding carboxylic acids is 1. The standard InChI is InChI=1S/C16H13NO2/c1-2-15(18)16(19)10-7-8-14-12(9-10)11-5-3-4-6-13(11)17-14/h2-9,16-17,19H,1H2. The van der Waals surface area contributed by atoms with Crippen molar-refractivity contribution in [2.45, 2.75) is 6.10 Å². The van der Waals surface area contributed by atoms with Crippen molar-refractivity contribution in [1.29, 1.82) is 0 Å². The van der Waals surface area contributed by atoms with Gasteiger partial charge in [0, 0.05) is 21.8 Å². The van der Waals surface area contributed by atoms with E-state index in [-0.39, 0.29) is 5.78 Å². The second kappa shape index (κ2) is 4.37. The van der Waals surface area contributed by atoms with Gasteiger partial charge in [-0.05, 0) is 29.8 Å². The number of H-pyrrole nitrogens is 1. The fourth-order valence-corrected chi connectivity index (χ4v) is 2.31. The summed E-state index contributed by atoms with van der Waals surface area (Å²) in [7, 11) is 0. The number of aromatic amines is 1. The zero-order valence-corrected chi connectivity index (χ0v) is 10.3. The number of rotatable bonds is 3. The highest BCUT2D eigenvalue weighted by Gasteiger charge is 2.15. The van der Waals surface area contributed by atoms with Gasteiger partial charge in [-0.25, -0.2) is 0 Å². The van der Waals surface area contributed by atoms with Gasteiger partial charge >= 0.3 is 0 Å². The molecule has 0 radical (unpaired) electrons. The zero-order chi connectivity index (χ0) is 13.4. The van der Waals surface area contributed by atoms with Crippen molar-refractivity contribution in [2.75, 3.05) is 0 Å². The minimum atomic E-state index is -1.14. The third-order valence-corrected chi connectivity index (χ3v) is 3.32. The van der Waals surface area contributed by atoms with Crippen molar-refractivity contribution in [2.24, 2.45) is 0 Å². The molecule has 2 aromatic carbocycles. The Labute approximate surface area is 110 Å². The maximum absolute atomic E-state index is 11.5. The predicted octanol–water partition coefficient (Wildman–Crippen LogP) is 3.11. The normalized spacial score (nSPS) is 12.7. The third-order valence-electron chi connectivity index (χ3n) is 3.32. The molecule has 1 unspecified atom stereocenters. The fraction of sp³-hybridized carbons (Fsp3) is 0.0625. The van der Waals surface area contributed by atoms with Gasteiger partial charge in [-0.2, -0.15) is 0 Å². The van der Waals surface area contributed by atoms with Gasteiger partial charge in [0.05, 0.1) is 0 Å². The van der Waals surface area contributed by atoms with Gasteiger partial charge in [-0.15, -0.1) is 0 Å². The van der Waals surface area contributed by atoms with Crippen molar-refractivity contribution in [1.82, 2.24) is 4.98 Å². The largest absolute Gasteiger partial charge is 0.380 e. The van der Waals surface area contributed by atoms with E-state index >= 15 is 0 Å². The monoisotopic (exact) mass is 251 g/mol. The summed E-state index contributed by atoms with van der Waals surface area (Å²) in [5.74, 6) is -0.390. The average Bonchev–Trinajstić information content (AvgIpc) is 2.83. The Morgan fingerprint density at radius 3 is 2.68 bits per heavy atom. The number of carbonyl (C=O) groups is 1. The molecule has 0 bridgehead atoms. The summed E-state index contributed by atoms with van der Waals surface area (Å²) in [6.45, 7) is 3.39. The molecule has 3 heteroatoms. The van der Waals surface area contributed by atoms with Crippen LogP contribution >= 0.6 is 0 Å². The van der Waals surface area contributed by atoms with Gasteiger partial charge in [-0.1, -0.05) is 30.8 Å². The van der Waals surface area contributed by atoms with Crippen LogP contribution < -0.4 is 0 Å². The molecule has 0 aliphatic rings. The summed E-state index contributed by atoms with van der Waals surface area (Å²) in [6, 6.07) is 13.4. The molecule has 1 heterocycles. The van der Waals surface area contributed by atoms with Crippen molar-refractivity contribution in [3.63, 3.8) is 0 Å². The molecule has 0 spiro atoms. The van der Waals surface area contributed by atoms with Crippen LogP contribution in [0.25, 0.3) is 21.8 Å². The summed E-state index contributed by atoms with van der Waals surface area (Å²) in [6.07, 6.45) is -0.0000522. The van der Waals surface area contributed by atoms with Crippen LogP contribution in [0.4, 0.5) is 0 Å². The molecule has 3 rings (SSSR count). The smallest absolute Gasteiger partial charge is 0.188 e. The number of benzene rings is 2. The average molecular weight is 251 g/mol. The number of hydrogen-bond acceptors (Lipinski definition) is 2. The van der Waals surface area contributed by atoms with Crippen LogP contribution in [-0.4, -0.2) is 15.9 Å². The van der Waals surface area contributed by atoms with Gasteiger partial charge in [-0.3, -0.25) is 4.79 Å². The van der Waals surface area contributed by atoms with Crippen LogP contribution in [0.1, 0.15) is 11.7 Å². The Morgan fingerprint density at radius 2 is 1.89 bits per heavy atom. The van der Waals surface area contributed by atoms with Crippen molar-refractivity contribution in [3.05, 3.63) is 60.7 Å². The first-order valence-corrected chi connectivity index (χ1v) is 6.05. The zero-order valence-electron chi connectivity index (χ0n) is 10.3. The highest BCUT2D eigenvalue weighted by Crippen LogP contribution is 2.28. The molecule has 94 valence electrons. The molecule has 0 amide bonds.